The van der Waals surface area contributed by atoms with Gasteiger partial charge in [-0.1, -0.05) is 53.8 Å². The molecule has 0 N–H and O–H groups in total. The number of fused-ring (bicyclic) bond motifs is 1. The minimum Gasteiger partial charge on any atom is -0.462 e. The molecule has 1 aromatic heterocycles. The van der Waals surface area contributed by atoms with Crippen molar-refractivity contribution in [2.45, 2.75) is 20.4 Å². The molecule has 0 fully saturated rings. The van der Waals surface area contributed by atoms with Gasteiger partial charge in [-0.3, -0.25) is 9.59 Å². The molecule has 4 aromatic rings. The third-order valence-electron chi connectivity index (χ3n) is 5.14. The van der Waals surface area contributed by atoms with Gasteiger partial charge in [0.2, 0.25) is 0 Å². The number of ether oxygens (including phenoxy) is 1. The molecule has 1 amide bonds. The Hall–Kier alpha value is -3.84. The van der Waals surface area contributed by atoms with Crippen LogP contribution in [0.1, 0.15) is 50.5 Å². The van der Waals surface area contributed by atoms with Crippen molar-refractivity contribution in [2.24, 2.45) is 4.99 Å². The number of thiazole rings is 1. The lowest BCUT2D eigenvalue weighted by molar-refractivity contribution is 0.0526. The summed E-state index contributed by atoms with van der Waals surface area (Å²) < 4.78 is 7.85. The summed E-state index contributed by atoms with van der Waals surface area (Å²) in [6, 6.07) is 20.8. The average molecular weight is 459 g/mol. The molecule has 0 aliphatic carbocycles. The van der Waals surface area contributed by atoms with Crippen LogP contribution in [0.5, 0.6) is 0 Å². The van der Waals surface area contributed by atoms with Crippen molar-refractivity contribution in [3.63, 3.8) is 0 Å². The lowest BCUT2D eigenvalue weighted by Gasteiger charge is -2.03. The molecule has 0 bridgehead atoms. The summed E-state index contributed by atoms with van der Waals surface area (Å²) in [5, 5.41) is 0. The molecule has 0 spiro atoms. The van der Waals surface area contributed by atoms with E-state index in [-0.39, 0.29) is 11.8 Å². The SMILES string of the molecule is CCOC(=O)c1ccc2c(c1)sc(=NC(=O)c1ccc(C(=O)c3ccccc3)cc1)n2CC. The van der Waals surface area contributed by atoms with Crippen LogP contribution >= 0.6 is 11.3 Å². The number of hydrogen-bond acceptors (Lipinski definition) is 5. The summed E-state index contributed by atoms with van der Waals surface area (Å²) in [5.41, 5.74) is 2.86. The molecule has 33 heavy (non-hydrogen) atoms. The predicted molar refractivity (Wildman–Crippen MR) is 128 cm³/mol. The zero-order valence-corrected chi connectivity index (χ0v) is 19.1. The van der Waals surface area contributed by atoms with Gasteiger partial charge in [0.15, 0.2) is 10.6 Å². The summed E-state index contributed by atoms with van der Waals surface area (Å²) in [7, 11) is 0. The number of nitrogens with zero attached hydrogens (tertiary/aromatic N) is 2. The van der Waals surface area contributed by atoms with Crippen LogP contribution in [0, 0.1) is 0 Å². The number of carbonyl (C=O) groups excluding carboxylic acids is 3. The van der Waals surface area contributed by atoms with Crippen LogP contribution in [0.25, 0.3) is 10.2 Å². The van der Waals surface area contributed by atoms with E-state index < -0.39 is 5.91 Å². The molecule has 0 radical (unpaired) electrons. The van der Waals surface area contributed by atoms with E-state index in [0.717, 1.165) is 10.2 Å². The second-order valence-corrected chi connectivity index (χ2v) is 8.23. The molecule has 6 nitrogen and oxygen atoms in total. The highest BCUT2D eigenvalue weighted by molar-refractivity contribution is 7.16. The Morgan fingerprint density at radius 1 is 0.848 bits per heavy atom. The average Bonchev–Trinajstić information content (AvgIpc) is 3.20. The van der Waals surface area contributed by atoms with Gasteiger partial charge >= 0.3 is 5.97 Å². The first-order valence-electron chi connectivity index (χ1n) is 10.6. The third kappa shape index (κ3) is 4.68. The van der Waals surface area contributed by atoms with Gasteiger partial charge in [-0.15, -0.1) is 0 Å². The zero-order valence-electron chi connectivity index (χ0n) is 18.3. The van der Waals surface area contributed by atoms with Gasteiger partial charge in [-0.05, 0) is 44.2 Å². The van der Waals surface area contributed by atoms with Crippen molar-refractivity contribution in [1.29, 1.82) is 0 Å². The Morgan fingerprint density at radius 2 is 1.48 bits per heavy atom. The first-order chi connectivity index (χ1) is 16.0. The topological polar surface area (TPSA) is 77.7 Å². The minimum absolute atomic E-state index is 0.0997. The maximum Gasteiger partial charge on any atom is 0.338 e. The molecule has 166 valence electrons. The van der Waals surface area contributed by atoms with Crippen LogP contribution in [0.2, 0.25) is 0 Å². The van der Waals surface area contributed by atoms with Crippen LogP contribution in [0.4, 0.5) is 0 Å². The normalized spacial score (nSPS) is 11.5. The minimum atomic E-state index is -0.395. The second kappa shape index (κ2) is 9.75. The number of rotatable bonds is 6. The highest BCUT2D eigenvalue weighted by atomic mass is 32.1. The zero-order chi connectivity index (χ0) is 23.4. The first-order valence-corrected chi connectivity index (χ1v) is 11.4. The standard InChI is InChI=1S/C26H22N2O4S/c1-3-28-21-15-14-20(25(31)32-4-2)16-22(21)33-26(28)27-24(30)19-12-10-18(11-13-19)23(29)17-8-6-5-7-9-17/h5-16H,3-4H2,1-2H3. The molecule has 0 aliphatic rings. The van der Waals surface area contributed by atoms with Crippen LogP contribution < -0.4 is 4.80 Å². The molecule has 3 aromatic carbocycles. The fourth-order valence-corrected chi connectivity index (χ4v) is 4.61. The molecular formula is C26H22N2O4S. The van der Waals surface area contributed by atoms with Gasteiger partial charge in [-0.2, -0.15) is 4.99 Å². The number of carbonyl (C=O) groups is 3. The summed E-state index contributed by atoms with van der Waals surface area (Å²) in [4.78, 5) is 42.3. The number of benzene rings is 3. The van der Waals surface area contributed by atoms with Gasteiger partial charge in [0.25, 0.3) is 5.91 Å². The molecule has 1 heterocycles. The lowest BCUT2D eigenvalue weighted by Crippen LogP contribution is -2.16. The summed E-state index contributed by atoms with van der Waals surface area (Å²) >= 11 is 1.34. The van der Waals surface area contributed by atoms with Crippen molar-refractivity contribution in [3.05, 3.63) is 99.9 Å². The molecule has 0 saturated heterocycles. The molecule has 0 unspecified atom stereocenters. The molecule has 7 heteroatoms. The van der Waals surface area contributed by atoms with Crippen molar-refractivity contribution in [1.82, 2.24) is 4.57 Å². The van der Waals surface area contributed by atoms with Gasteiger partial charge in [-0.25, -0.2) is 4.79 Å². The van der Waals surface area contributed by atoms with E-state index in [1.165, 1.54) is 11.3 Å². The summed E-state index contributed by atoms with van der Waals surface area (Å²) in [5.74, 6) is -0.874. The van der Waals surface area contributed by atoms with Crippen molar-refractivity contribution >= 4 is 39.2 Å². The quantitative estimate of drug-likeness (QED) is 0.305. The third-order valence-corrected chi connectivity index (χ3v) is 6.18. The summed E-state index contributed by atoms with van der Waals surface area (Å²) in [6.07, 6.45) is 0. The molecule has 0 saturated carbocycles. The van der Waals surface area contributed by atoms with E-state index in [1.807, 2.05) is 35.8 Å². The highest BCUT2D eigenvalue weighted by Gasteiger charge is 2.13. The Morgan fingerprint density at radius 3 is 2.15 bits per heavy atom. The summed E-state index contributed by atoms with van der Waals surface area (Å²) in [6.45, 7) is 4.66. The van der Waals surface area contributed by atoms with E-state index in [9.17, 15) is 14.4 Å². The number of aryl methyl sites for hydroxylation is 1. The Bertz CT molecular complexity index is 1400. The Balaban J connectivity index is 1.64. The van der Waals surface area contributed by atoms with E-state index in [4.69, 9.17) is 4.74 Å². The Labute approximate surface area is 194 Å². The van der Waals surface area contributed by atoms with Gasteiger partial charge in [0.1, 0.15) is 0 Å². The van der Waals surface area contributed by atoms with Crippen LogP contribution in [-0.4, -0.2) is 28.8 Å². The first kappa shape index (κ1) is 22.4. The number of aromatic nitrogens is 1. The maximum absolute atomic E-state index is 12.8. The second-order valence-electron chi connectivity index (χ2n) is 7.22. The molecular weight excluding hydrogens is 436 g/mol. The van der Waals surface area contributed by atoms with E-state index >= 15 is 0 Å². The fraction of sp³-hybridized carbons (Fsp3) is 0.154. The van der Waals surface area contributed by atoms with E-state index in [2.05, 4.69) is 4.99 Å². The lowest BCUT2D eigenvalue weighted by atomic mass is 10.0. The van der Waals surface area contributed by atoms with Crippen LogP contribution in [0.3, 0.4) is 0 Å². The Kier molecular flexibility index (Phi) is 6.60. The number of ketones is 1. The van der Waals surface area contributed by atoms with E-state index in [1.54, 1.807) is 55.5 Å². The van der Waals surface area contributed by atoms with Crippen molar-refractivity contribution < 1.29 is 19.1 Å². The fourth-order valence-electron chi connectivity index (χ4n) is 3.48. The monoisotopic (exact) mass is 458 g/mol. The molecule has 4 rings (SSSR count). The largest absolute Gasteiger partial charge is 0.462 e. The van der Waals surface area contributed by atoms with Gasteiger partial charge in [0, 0.05) is 23.2 Å². The van der Waals surface area contributed by atoms with Crippen molar-refractivity contribution in [2.75, 3.05) is 6.61 Å². The number of hydrogen-bond donors (Lipinski definition) is 0. The predicted octanol–water partition coefficient (Wildman–Crippen LogP) is 4.87. The number of esters is 1. The van der Waals surface area contributed by atoms with Crippen molar-refractivity contribution in [3.8, 4) is 0 Å². The highest BCUT2D eigenvalue weighted by Crippen LogP contribution is 2.20. The van der Waals surface area contributed by atoms with Crippen LogP contribution in [0.15, 0.2) is 77.8 Å². The number of amides is 1. The molecule has 0 atom stereocenters. The smallest absolute Gasteiger partial charge is 0.338 e. The van der Waals surface area contributed by atoms with Crippen LogP contribution in [-0.2, 0) is 11.3 Å². The van der Waals surface area contributed by atoms with E-state index in [0.29, 0.717) is 40.2 Å². The van der Waals surface area contributed by atoms with Gasteiger partial charge < -0.3 is 9.30 Å². The molecule has 0 aliphatic heterocycles. The van der Waals surface area contributed by atoms with Gasteiger partial charge in [0.05, 0.1) is 22.4 Å². The maximum atomic E-state index is 12.8.